The number of aromatic nitrogens is 2. The van der Waals surface area contributed by atoms with Gasteiger partial charge in [-0.2, -0.15) is 0 Å². The fourth-order valence-electron chi connectivity index (χ4n) is 2.85. The number of nitrogens with zero attached hydrogens (tertiary/aromatic N) is 3. The normalized spacial score (nSPS) is 19.5. The Morgan fingerprint density at radius 1 is 1.42 bits per heavy atom. The minimum absolute atomic E-state index is 0.499. The average molecular weight is 265 g/mol. The summed E-state index contributed by atoms with van der Waals surface area (Å²) in [7, 11) is 0. The molecular weight excluding hydrogens is 242 g/mol. The number of aryl methyl sites for hydroxylation is 1. The van der Waals surface area contributed by atoms with Gasteiger partial charge in [0.25, 0.3) is 0 Å². The summed E-state index contributed by atoms with van der Waals surface area (Å²) in [5.74, 6) is -0.631. The van der Waals surface area contributed by atoms with Crippen molar-refractivity contribution in [3.8, 4) is 0 Å². The maximum Gasteiger partial charge on any atom is 0.309 e. The van der Waals surface area contributed by atoms with E-state index >= 15 is 0 Å². The van der Waals surface area contributed by atoms with Crippen molar-refractivity contribution in [3.05, 3.63) is 18.2 Å². The number of hydrogen-bond acceptors (Lipinski definition) is 3. The van der Waals surface area contributed by atoms with E-state index in [1.54, 1.807) is 0 Å². The highest BCUT2D eigenvalue weighted by Gasteiger charge is 2.39. The molecule has 1 aliphatic heterocycles. The van der Waals surface area contributed by atoms with Gasteiger partial charge in [-0.25, -0.2) is 4.98 Å². The molecule has 106 valence electrons. The van der Waals surface area contributed by atoms with Crippen LogP contribution in [0.5, 0.6) is 0 Å². The summed E-state index contributed by atoms with van der Waals surface area (Å²) in [5.41, 5.74) is 0.712. The largest absolute Gasteiger partial charge is 0.481 e. The van der Waals surface area contributed by atoms with E-state index in [0.29, 0.717) is 0 Å². The molecule has 1 aromatic rings. The monoisotopic (exact) mass is 265 g/mol. The number of carbonyl (C=O) groups is 1. The van der Waals surface area contributed by atoms with Crippen LogP contribution in [0.1, 0.15) is 38.8 Å². The van der Waals surface area contributed by atoms with Crippen molar-refractivity contribution in [2.24, 2.45) is 5.41 Å². The van der Waals surface area contributed by atoms with Gasteiger partial charge in [0.15, 0.2) is 0 Å². The van der Waals surface area contributed by atoms with Crippen LogP contribution in [0.15, 0.2) is 12.5 Å². The van der Waals surface area contributed by atoms with E-state index in [1.165, 1.54) is 5.69 Å². The first kappa shape index (κ1) is 14.1. The van der Waals surface area contributed by atoms with Gasteiger partial charge in [-0.1, -0.05) is 6.92 Å². The lowest BCUT2D eigenvalue weighted by Crippen LogP contribution is -2.43. The third-order valence-electron chi connectivity index (χ3n) is 4.47. The maximum absolute atomic E-state index is 11.4. The number of hydrogen-bond donors (Lipinski definition) is 1. The van der Waals surface area contributed by atoms with Gasteiger partial charge < -0.3 is 9.67 Å². The lowest BCUT2D eigenvalue weighted by molar-refractivity contribution is -0.152. The molecule has 1 N–H and O–H groups in total. The van der Waals surface area contributed by atoms with Crippen LogP contribution in [0.25, 0.3) is 0 Å². The minimum atomic E-state index is -0.631. The molecule has 0 aliphatic carbocycles. The van der Waals surface area contributed by atoms with Gasteiger partial charge in [0.05, 0.1) is 17.4 Å². The molecule has 2 heterocycles. The second-order valence-electron chi connectivity index (χ2n) is 5.39. The Labute approximate surface area is 114 Å². The number of rotatable bonds is 5. The van der Waals surface area contributed by atoms with Gasteiger partial charge in [0, 0.05) is 19.3 Å². The summed E-state index contributed by atoms with van der Waals surface area (Å²) in [6.45, 7) is 7.60. The molecule has 19 heavy (non-hydrogen) atoms. The molecule has 0 aromatic carbocycles. The van der Waals surface area contributed by atoms with Crippen molar-refractivity contribution in [2.45, 2.75) is 46.2 Å². The van der Waals surface area contributed by atoms with Crippen LogP contribution >= 0.6 is 0 Å². The van der Waals surface area contributed by atoms with Crippen LogP contribution in [-0.4, -0.2) is 38.6 Å². The summed E-state index contributed by atoms with van der Waals surface area (Å²) in [5, 5.41) is 9.38. The van der Waals surface area contributed by atoms with Crippen LogP contribution < -0.4 is 0 Å². The van der Waals surface area contributed by atoms with Gasteiger partial charge in [0.2, 0.25) is 0 Å². The zero-order chi connectivity index (χ0) is 13.9. The Balaban J connectivity index is 1.95. The van der Waals surface area contributed by atoms with Crippen LogP contribution in [0.4, 0.5) is 0 Å². The van der Waals surface area contributed by atoms with Crippen molar-refractivity contribution in [2.75, 3.05) is 13.1 Å². The zero-order valence-electron chi connectivity index (χ0n) is 11.8. The van der Waals surface area contributed by atoms with Crippen LogP contribution in [0.2, 0.25) is 0 Å². The number of aliphatic carboxylic acids is 1. The fourth-order valence-corrected chi connectivity index (χ4v) is 2.85. The molecule has 0 saturated carbocycles. The van der Waals surface area contributed by atoms with Gasteiger partial charge in [-0.3, -0.25) is 9.69 Å². The van der Waals surface area contributed by atoms with Gasteiger partial charge >= 0.3 is 5.97 Å². The second kappa shape index (κ2) is 5.74. The summed E-state index contributed by atoms with van der Waals surface area (Å²) in [6.07, 6.45) is 5.98. The molecule has 5 nitrogen and oxygen atoms in total. The van der Waals surface area contributed by atoms with Crippen LogP contribution in [0, 0.1) is 5.41 Å². The van der Waals surface area contributed by atoms with E-state index in [2.05, 4.69) is 21.4 Å². The number of likely N-dealkylation sites (tertiary alicyclic amines) is 1. The van der Waals surface area contributed by atoms with Crippen molar-refractivity contribution in [1.82, 2.24) is 14.5 Å². The zero-order valence-corrected chi connectivity index (χ0v) is 11.8. The molecular formula is C14H23N3O2. The lowest BCUT2D eigenvalue weighted by atomic mass is 9.76. The molecule has 1 aromatic heterocycles. The summed E-state index contributed by atoms with van der Waals surface area (Å²) < 4.78 is 2.14. The van der Waals surface area contributed by atoms with E-state index < -0.39 is 11.4 Å². The molecule has 2 rings (SSSR count). The molecule has 5 heteroatoms. The Bertz CT molecular complexity index is 434. The summed E-state index contributed by atoms with van der Waals surface area (Å²) >= 11 is 0. The number of piperidine rings is 1. The lowest BCUT2D eigenvalue weighted by Gasteiger charge is -2.38. The van der Waals surface area contributed by atoms with E-state index in [9.17, 15) is 9.90 Å². The topological polar surface area (TPSA) is 58.4 Å². The highest BCUT2D eigenvalue weighted by atomic mass is 16.4. The van der Waals surface area contributed by atoms with Gasteiger partial charge in [-0.05, 0) is 39.3 Å². The number of imidazole rings is 1. The molecule has 0 atom stereocenters. The standard InChI is InChI=1S/C14H23N3O2/c1-3-14(13(18)19)5-7-16(8-6-14)10-12-9-15-11-17(12)4-2/h9,11H,3-8,10H2,1-2H3,(H,18,19). The van der Waals surface area contributed by atoms with E-state index in [-0.39, 0.29) is 0 Å². The average Bonchev–Trinajstić information content (AvgIpc) is 2.87. The predicted octanol–water partition coefficient (Wildman–Crippen LogP) is 1.98. The van der Waals surface area contributed by atoms with E-state index in [1.807, 2.05) is 19.4 Å². The smallest absolute Gasteiger partial charge is 0.309 e. The summed E-state index contributed by atoms with van der Waals surface area (Å²) in [6, 6.07) is 0. The Morgan fingerprint density at radius 2 is 2.11 bits per heavy atom. The molecule has 0 bridgehead atoms. The van der Waals surface area contributed by atoms with Crippen LogP contribution in [0.3, 0.4) is 0 Å². The molecule has 0 amide bonds. The molecule has 1 fully saturated rings. The quantitative estimate of drug-likeness (QED) is 0.884. The SMILES string of the molecule is CCn1cncc1CN1CCC(CC)(C(=O)O)CC1. The third-order valence-corrected chi connectivity index (χ3v) is 4.47. The van der Waals surface area contributed by atoms with Crippen molar-refractivity contribution in [1.29, 1.82) is 0 Å². The summed E-state index contributed by atoms with van der Waals surface area (Å²) in [4.78, 5) is 17.9. The second-order valence-corrected chi connectivity index (χ2v) is 5.39. The predicted molar refractivity (Wildman–Crippen MR) is 72.8 cm³/mol. The van der Waals surface area contributed by atoms with Crippen molar-refractivity contribution >= 4 is 5.97 Å². The van der Waals surface area contributed by atoms with Gasteiger partial charge in [-0.15, -0.1) is 0 Å². The van der Waals surface area contributed by atoms with Crippen molar-refractivity contribution in [3.63, 3.8) is 0 Å². The van der Waals surface area contributed by atoms with E-state index in [4.69, 9.17) is 0 Å². The molecule has 0 spiro atoms. The first-order valence-corrected chi connectivity index (χ1v) is 7.06. The fraction of sp³-hybridized carbons (Fsp3) is 0.714. The molecule has 1 aliphatic rings. The first-order valence-electron chi connectivity index (χ1n) is 7.06. The Morgan fingerprint density at radius 3 is 2.63 bits per heavy atom. The minimum Gasteiger partial charge on any atom is -0.481 e. The van der Waals surface area contributed by atoms with E-state index in [0.717, 1.165) is 45.4 Å². The molecule has 1 saturated heterocycles. The third kappa shape index (κ3) is 2.81. The Hall–Kier alpha value is -1.36. The molecule has 0 radical (unpaired) electrons. The Kier molecular flexibility index (Phi) is 4.24. The highest BCUT2D eigenvalue weighted by Crippen LogP contribution is 2.35. The number of carboxylic acid groups (broad SMARTS) is 1. The van der Waals surface area contributed by atoms with Gasteiger partial charge in [0.1, 0.15) is 0 Å². The van der Waals surface area contributed by atoms with Crippen molar-refractivity contribution < 1.29 is 9.90 Å². The first-order chi connectivity index (χ1) is 9.11. The maximum atomic E-state index is 11.4. The van der Waals surface area contributed by atoms with Crippen LogP contribution in [-0.2, 0) is 17.9 Å². The number of carboxylic acids is 1. The molecule has 0 unspecified atom stereocenters. The highest BCUT2D eigenvalue weighted by molar-refractivity contribution is 5.74.